The highest BCUT2D eigenvalue weighted by Gasteiger charge is 2.30. The van der Waals surface area contributed by atoms with E-state index in [4.69, 9.17) is 0 Å². The zero-order valence-electron chi connectivity index (χ0n) is 17.1. The molecular formula is C22H26N2O5S. The lowest BCUT2D eigenvalue weighted by molar-refractivity contribution is -0.121. The number of ether oxygens (including phenoxy) is 1. The standard InChI is InChI=1S/C22H26N2O5S/c1-16-4-3-5-17(14-16)15-21(25)23-19-10-12-24(13-11-19)30(27,28)20-8-6-18(7-9-20)22(26)29-2/h3-9,14,19H,10-13,15H2,1-2H3,(H,23,25). The van der Waals surface area contributed by atoms with Gasteiger partial charge in [-0.3, -0.25) is 4.79 Å². The largest absolute Gasteiger partial charge is 0.465 e. The summed E-state index contributed by atoms with van der Waals surface area (Å²) in [5, 5.41) is 3.01. The molecule has 1 amide bonds. The number of hydrogen-bond donors (Lipinski definition) is 1. The zero-order chi connectivity index (χ0) is 21.7. The smallest absolute Gasteiger partial charge is 0.337 e. The molecule has 0 bridgehead atoms. The highest BCUT2D eigenvalue weighted by molar-refractivity contribution is 7.89. The Morgan fingerprint density at radius 3 is 2.37 bits per heavy atom. The van der Waals surface area contributed by atoms with E-state index in [2.05, 4.69) is 10.1 Å². The predicted molar refractivity (Wildman–Crippen MR) is 113 cm³/mol. The van der Waals surface area contributed by atoms with Gasteiger partial charge in [0.05, 0.1) is 24.0 Å². The lowest BCUT2D eigenvalue weighted by Gasteiger charge is -2.31. The molecule has 160 valence electrons. The normalized spacial score (nSPS) is 15.5. The van der Waals surface area contributed by atoms with Gasteiger partial charge < -0.3 is 10.1 Å². The summed E-state index contributed by atoms with van der Waals surface area (Å²) in [6, 6.07) is 13.5. The third kappa shape index (κ3) is 5.25. The number of piperidine rings is 1. The molecule has 8 heteroatoms. The van der Waals surface area contributed by atoms with Gasteiger partial charge in [-0.15, -0.1) is 0 Å². The van der Waals surface area contributed by atoms with Crippen LogP contribution in [0.4, 0.5) is 0 Å². The van der Waals surface area contributed by atoms with Gasteiger partial charge >= 0.3 is 5.97 Å². The fourth-order valence-electron chi connectivity index (χ4n) is 3.56. The third-order valence-corrected chi connectivity index (χ3v) is 7.09. The Morgan fingerprint density at radius 2 is 1.77 bits per heavy atom. The van der Waals surface area contributed by atoms with Crippen molar-refractivity contribution in [2.75, 3.05) is 20.2 Å². The highest BCUT2D eigenvalue weighted by atomic mass is 32.2. The van der Waals surface area contributed by atoms with Crippen molar-refractivity contribution in [3.63, 3.8) is 0 Å². The molecule has 1 heterocycles. The molecule has 1 aliphatic heterocycles. The van der Waals surface area contributed by atoms with E-state index in [0.717, 1.165) is 11.1 Å². The molecule has 2 aromatic rings. The summed E-state index contributed by atoms with van der Waals surface area (Å²) in [6.07, 6.45) is 1.42. The van der Waals surface area contributed by atoms with E-state index in [9.17, 15) is 18.0 Å². The van der Waals surface area contributed by atoms with Gasteiger partial charge in [-0.05, 0) is 49.6 Å². The number of carbonyl (C=O) groups excluding carboxylic acids is 2. The van der Waals surface area contributed by atoms with Crippen molar-refractivity contribution in [1.82, 2.24) is 9.62 Å². The van der Waals surface area contributed by atoms with Crippen molar-refractivity contribution >= 4 is 21.9 Å². The van der Waals surface area contributed by atoms with Gasteiger partial charge in [0.15, 0.2) is 0 Å². The number of esters is 1. The first kappa shape index (κ1) is 22.0. The quantitative estimate of drug-likeness (QED) is 0.710. The first-order valence-corrected chi connectivity index (χ1v) is 11.3. The number of nitrogens with zero attached hydrogens (tertiary/aromatic N) is 1. The van der Waals surface area contributed by atoms with Crippen LogP contribution >= 0.6 is 0 Å². The number of nitrogens with one attached hydrogen (secondary N) is 1. The summed E-state index contributed by atoms with van der Waals surface area (Å²) in [5.41, 5.74) is 2.37. The van der Waals surface area contributed by atoms with Crippen LogP contribution < -0.4 is 5.32 Å². The monoisotopic (exact) mass is 430 g/mol. The van der Waals surface area contributed by atoms with Gasteiger partial charge in [-0.1, -0.05) is 29.8 Å². The molecule has 1 aliphatic rings. The lowest BCUT2D eigenvalue weighted by atomic mass is 10.1. The summed E-state index contributed by atoms with van der Waals surface area (Å²) in [6.45, 7) is 2.65. The van der Waals surface area contributed by atoms with Crippen molar-refractivity contribution in [3.05, 3.63) is 65.2 Å². The molecule has 0 unspecified atom stereocenters. The summed E-state index contributed by atoms with van der Waals surface area (Å²) >= 11 is 0. The Bertz CT molecular complexity index is 1010. The SMILES string of the molecule is COC(=O)c1ccc(S(=O)(=O)N2CCC(NC(=O)Cc3cccc(C)c3)CC2)cc1. The lowest BCUT2D eigenvalue weighted by Crippen LogP contribution is -2.46. The second kappa shape index (κ2) is 9.40. The van der Waals surface area contributed by atoms with E-state index in [1.807, 2.05) is 31.2 Å². The van der Waals surface area contributed by atoms with E-state index >= 15 is 0 Å². The van der Waals surface area contributed by atoms with Crippen LogP contribution in [0.15, 0.2) is 53.4 Å². The van der Waals surface area contributed by atoms with Crippen LogP contribution in [0.2, 0.25) is 0 Å². The maximum Gasteiger partial charge on any atom is 0.337 e. The van der Waals surface area contributed by atoms with Crippen LogP contribution in [-0.2, 0) is 26.0 Å². The van der Waals surface area contributed by atoms with E-state index in [1.165, 1.54) is 35.7 Å². The Labute approximate surface area is 177 Å². The minimum Gasteiger partial charge on any atom is -0.465 e. The molecule has 0 aliphatic carbocycles. The first-order valence-electron chi connectivity index (χ1n) is 9.83. The van der Waals surface area contributed by atoms with Crippen molar-refractivity contribution in [1.29, 1.82) is 0 Å². The van der Waals surface area contributed by atoms with Crippen molar-refractivity contribution in [3.8, 4) is 0 Å². The average molecular weight is 431 g/mol. The first-order chi connectivity index (χ1) is 14.3. The summed E-state index contributed by atoms with van der Waals surface area (Å²) < 4.78 is 31.8. The van der Waals surface area contributed by atoms with Gasteiger partial charge in [0.25, 0.3) is 0 Å². The predicted octanol–water partition coefficient (Wildman–Crippen LogP) is 2.29. The second-order valence-corrected chi connectivity index (χ2v) is 9.37. The molecular weight excluding hydrogens is 404 g/mol. The molecule has 30 heavy (non-hydrogen) atoms. The molecule has 3 rings (SSSR count). The Kier molecular flexibility index (Phi) is 6.89. The number of rotatable bonds is 6. The summed E-state index contributed by atoms with van der Waals surface area (Å²) in [4.78, 5) is 24.0. The molecule has 0 spiro atoms. The zero-order valence-corrected chi connectivity index (χ0v) is 17.9. The number of carbonyl (C=O) groups is 2. The maximum atomic E-state index is 12.9. The highest BCUT2D eigenvalue weighted by Crippen LogP contribution is 2.21. The molecule has 0 aromatic heterocycles. The minimum atomic E-state index is -3.65. The number of benzene rings is 2. The molecule has 7 nitrogen and oxygen atoms in total. The van der Waals surface area contributed by atoms with Crippen LogP contribution in [0.3, 0.4) is 0 Å². The molecule has 0 radical (unpaired) electrons. The fraction of sp³-hybridized carbons (Fsp3) is 0.364. The van der Waals surface area contributed by atoms with Crippen LogP contribution in [-0.4, -0.2) is 50.8 Å². The van der Waals surface area contributed by atoms with E-state index in [0.29, 0.717) is 37.9 Å². The van der Waals surface area contributed by atoms with Crippen LogP contribution in [0.1, 0.15) is 34.3 Å². The second-order valence-electron chi connectivity index (χ2n) is 7.43. The average Bonchev–Trinajstić information content (AvgIpc) is 2.73. The summed E-state index contributed by atoms with van der Waals surface area (Å²) in [7, 11) is -2.37. The van der Waals surface area contributed by atoms with E-state index in [-0.39, 0.29) is 16.8 Å². The van der Waals surface area contributed by atoms with E-state index < -0.39 is 16.0 Å². The summed E-state index contributed by atoms with van der Waals surface area (Å²) in [5.74, 6) is -0.568. The fourth-order valence-corrected chi connectivity index (χ4v) is 5.03. The molecule has 1 N–H and O–H groups in total. The van der Waals surface area contributed by atoms with Gasteiger partial charge in [-0.25, -0.2) is 13.2 Å². The number of aryl methyl sites for hydroxylation is 1. The van der Waals surface area contributed by atoms with E-state index in [1.54, 1.807) is 0 Å². The number of hydrogen-bond acceptors (Lipinski definition) is 5. The Hall–Kier alpha value is -2.71. The van der Waals surface area contributed by atoms with Crippen molar-refractivity contribution < 1.29 is 22.7 Å². The molecule has 2 aromatic carbocycles. The Morgan fingerprint density at radius 1 is 1.10 bits per heavy atom. The van der Waals surface area contributed by atoms with Crippen LogP contribution in [0, 0.1) is 6.92 Å². The van der Waals surface area contributed by atoms with Crippen molar-refractivity contribution in [2.45, 2.75) is 37.1 Å². The number of methoxy groups -OCH3 is 1. The molecule has 0 atom stereocenters. The van der Waals surface area contributed by atoms with Gasteiger partial charge in [0.1, 0.15) is 0 Å². The van der Waals surface area contributed by atoms with Gasteiger partial charge in [-0.2, -0.15) is 4.31 Å². The minimum absolute atomic E-state index is 0.0459. The molecule has 1 fully saturated rings. The molecule has 0 saturated carbocycles. The molecule has 1 saturated heterocycles. The Balaban J connectivity index is 1.55. The van der Waals surface area contributed by atoms with Gasteiger partial charge in [0.2, 0.25) is 15.9 Å². The van der Waals surface area contributed by atoms with Crippen LogP contribution in [0.5, 0.6) is 0 Å². The third-order valence-electron chi connectivity index (χ3n) is 5.18. The van der Waals surface area contributed by atoms with Crippen molar-refractivity contribution in [2.24, 2.45) is 0 Å². The maximum absolute atomic E-state index is 12.9. The van der Waals surface area contributed by atoms with Gasteiger partial charge in [0, 0.05) is 19.1 Å². The number of sulfonamides is 1. The number of amides is 1. The topological polar surface area (TPSA) is 92.8 Å². The van der Waals surface area contributed by atoms with Crippen LogP contribution in [0.25, 0.3) is 0 Å².